The summed E-state index contributed by atoms with van der Waals surface area (Å²) in [6.07, 6.45) is 3.41. The van der Waals surface area contributed by atoms with E-state index in [0.717, 1.165) is 12.2 Å². The van der Waals surface area contributed by atoms with Gasteiger partial charge >= 0.3 is 0 Å². The van der Waals surface area contributed by atoms with E-state index in [-0.39, 0.29) is 0 Å². The number of fused-ring (bicyclic) bond motifs is 7. The van der Waals surface area contributed by atoms with Crippen LogP contribution < -0.4 is 9.80 Å². The number of benzene rings is 2. The van der Waals surface area contributed by atoms with Gasteiger partial charge in [0, 0.05) is 35.1 Å². The molecule has 114 valence electrons. The Hall–Kier alpha value is -2.55. The van der Waals surface area contributed by atoms with E-state index in [1.54, 1.807) is 0 Å². The predicted octanol–water partition coefficient (Wildman–Crippen LogP) is 4.48. The monoisotopic (exact) mass is 301 g/mol. The van der Waals surface area contributed by atoms with Gasteiger partial charge in [0.1, 0.15) is 6.17 Å². The Morgan fingerprint density at radius 1 is 1.04 bits per heavy atom. The zero-order valence-corrected chi connectivity index (χ0v) is 13.4. The summed E-state index contributed by atoms with van der Waals surface area (Å²) in [5.41, 5.74) is 4.02. The van der Waals surface area contributed by atoms with Crippen molar-refractivity contribution in [1.29, 1.82) is 0 Å². The highest BCUT2D eigenvalue weighted by Gasteiger charge is 2.44. The maximum absolute atomic E-state index is 4.85. The average Bonchev–Trinajstić information content (AvgIpc) is 3.08. The number of para-hydroxylation sites is 1. The molecule has 0 saturated carbocycles. The summed E-state index contributed by atoms with van der Waals surface area (Å²) < 4.78 is 0. The van der Waals surface area contributed by atoms with E-state index in [4.69, 9.17) is 4.98 Å². The van der Waals surface area contributed by atoms with Crippen LogP contribution >= 0.6 is 0 Å². The van der Waals surface area contributed by atoms with Gasteiger partial charge < -0.3 is 9.80 Å². The van der Waals surface area contributed by atoms with Crippen LogP contribution in [0, 0.1) is 0 Å². The maximum atomic E-state index is 4.85. The Morgan fingerprint density at radius 3 is 2.70 bits per heavy atom. The fourth-order valence-corrected chi connectivity index (χ4v) is 4.16. The first-order valence-electron chi connectivity index (χ1n) is 8.29. The van der Waals surface area contributed by atoms with E-state index in [0.29, 0.717) is 12.2 Å². The molecule has 2 aliphatic rings. The fraction of sp³-hybridized carbons (Fsp3) is 0.250. The van der Waals surface area contributed by atoms with Gasteiger partial charge in [-0.05, 0) is 25.5 Å². The van der Waals surface area contributed by atoms with E-state index >= 15 is 0 Å². The third-order valence-corrected chi connectivity index (χ3v) is 5.07. The second-order valence-electron chi connectivity index (χ2n) is 6.70. The number of anilines is 3. The lowest BCUT2D eigenvalue weighted by Gasteiger charge is -2.31. The molecular weight excluding hydrogens is 282 g/mol. The summed E-state index contributed by atoms with van der Waals surface area (Å²) in [4.78, 5) is 9.82. The van der Waals surface area contributed by atoms with E-state index < -0.39 is 0 Å². The van der Waals surface area contributed by atoms with E-state index in [1.807, 2.05) is 6.20 Å². The van der Waals surface area contributed by atoms with Gasteiger partial charge in [-0.1, -0.05) is 42.5 Å². The average molecular weight is 301 g/mol. The van der Waals surface area contributed by atoms with E-state index in [2.05, 4.69) is 72.2 Å². The van der Waals surface area contributed by atoms with Crippen molar-refractivity contribution < 1.29 is 0 Å². The van der Waals surface area contributed by atoms with Gasteiger partial charge in [-0.25, -0.2) is 4.98 Å². The lowest BCUT2D eigenvalue weighted by atomic mass is 10.1. The first-order valence-corrected chi connectivity index (χ1v) is 8.29. The standard InChI is InChI=1S/C20H19N3/c1-13(2)22-18-11-14-7-4-6-10-17(14)23(18)20-19(22)16-9-5-3-8-15(16)12-21-20/h3-10,12-13,18H,11H2,1-2H3. The van der Waals surface area contributed by atoms with Crippen LogP contribution in [0.15, 0.2) is 54.7 Å². The van der Waals surface area contributed by atoms with Crippen LogP contribution in [0.5, 0.6) is 0 Å². The summed E-state index contributed by atoms with van der Waals surface area (Å²) >= 11 is 0. The molecule has 2 aromatic carbocycles. The van der Waals surface area contributed by atoms with Crippen LogP contribution in [-0.2, 0) is 6.42 Å². The summed E-state index contributed by atoms with van der Waals surface area (Å²) in [6.45, 7) is 4.55. The number of rotatable bonds is 1. The van der Waals surface area contributed by atoms with Gasteiger partial charge in [-0.3, -0.25) is 0 Å². The topological polar surface area (TPSA) is 19.4 Å². The number of hydrogen-bond donors (Lipinski definition) is 0. The molecule has 0 N–H and O–H groups in total. The highest BCUT2D eigenvalue weighted by atomic mass is 15.5. The predicted molar refractivity (Wildman–Crippen MR) is 95.4 cm³/mol. The number of hydrogen-bond acceptors (Lipinski definition) is 3. The molecule has 3 nitrogen and oxygen atoms in total. The molecule has 1 unspecified atom stereocenters. The largest absolute Gasteiger partial charge is 0.345 e. The molecule has 0 radical (unpaired) electrons. The van der Waals surface area contributed by atoms with Crippen molar-refractivity contribution in [2.24, 2.45) is 0 Å². The normalized spacial score (nSPS) is 18.5. The van der Waals surface area contributed by atoms with Crippen LogP contribution in [0.1, 0.15) is 19.4 Å². The lowest BCUT2D eigenvalue weighted by molar-refractivity contribution is 0.590. The Labute approximate surface area is 136 Å². The Bertz CT molecular complexity index is 916. The second kappa shape index (κ2) is 4.48. The zero-order valence-electron chi connectivity index (χ0n) is 13.4. The Morgan fingerprint density at radius 2 is 1.83 bits per heavy atom. The minimum Gasteiger partial charge on any atom is -0.345 e. The molecule has 0 bridgehead atoms. The quantitative estimate of drug-likeness (QED) is 0.660. The van der Waals surface area contributed by atoms with Crippen molar-refractivity contribution in [1.82, 2.24) is 4.98 Å². The summed E-state index contributed by atoms with van der Waals surface area (Å²) in [6, 6.07) is 17.7. The first kappa shape index (κ1) is 12.9. The Kier molecular flexibility index (Phi) is 2.52. The SMILES string of the molecule is CC(C)N1c2c(ncc3ccccc23)N2c3ccccc3CC21. The highest BCUT2D eigenvalue weighted by molar-refractivity contribution is 6.03. The molecule has 2 aliphatic heterocycles. The third kappa shape index (κ3) is 1.62. The smallest absolute Gasteiger partial charge is 0.159 e. The molecule has 0 saturated heterocycles. The number of nitrogens with zero attached hydrogens (tertiary/aromatic N) is 3. The van der Waals surface area contributed by atoms with Gasteiger partial charge in [0.25, 0.3) is 0 Å². The van der Waals surface area contributed by atoms with Crippen molar-refractivity contribution in [2.45, 2.75) is 32.5 Å². The van der Waals surface area contributed by atoms with Crippen molar-refractivity contribution in [3.63, 3.8) is 0 Å². The van der Waals surface area contributed by atoms with E-state index in [9.17, 15) is 0 Å². The summed E-state index contributed by atoms with van der Waals surface area (Å²) in [5.74, 6) is 1.10. The van der Waals surface area contributed by atoms with Crippen molar-refractivity contribution in [3.05, 3.63) is 60.3 Å². The second-order valence-corrected chi connectivity index (χ2v) is 6.70. The van der Waals surface area contributed by atoms with Gasteiger partial charge in [0.05, 0.1) is 5.69 Å². The van der Waals surface area contributed by atoms with Crippen LogP contribution in [0.25, 0.3) is 10.8 Å². The molecule has 3 heterocycles. The first-order chi connectivity index (χ1) is 11.3. The van der Waals surface area contributed by atoms with Crippen LogP contribution in [0.3, 0.4) is 0 Å². The molecule has 0 aliphatic carbocycles. The highest BCUT2D eigenvalue weighted by Crippen LogP contribution is 2.51. The summed E-state index contributed by atoms with van der Waals surface area (Å²) in [7, 11) is 0. The Balaban J connectivity index is 1.82. The van der Waals surface area contributed by atoms with Gasteiger partial charge in [-0.2, -0.15) is 0 Å². The minimum atomic E-state index is 0.348. The number of pyridine rings is 1. The fourth-order valence-electron chi connectivity index (χ4n) is 4.16. The molecule has 0 spiro atoms. The molecule has 0 amide bonds. The van der Waals surface area contributed by atoms with Crippen molar-refractivity contribution >= 4 is 28.0 Å². The van der Waals surface area contributed by atoms with Crippen molar-refractivity contribution in [3.8, 4) is 0 Å². The zero-order chi connectivity index (χ0) is 15.6. The van der Waals surface area contributed by atoms with Gasteiger partial charge in [0.2, 0.25) is 0 Å². The molecule has 3 heteroatoms. The van der Waals surface area contributed by atoms with Gasteiger partial charge in [-0.15, -0.1) is 0 Å². The molecule has 1 atom stereocenters. The van der Waals surface area contributed by atoms with Crippen LogP contribution in [0.4, 0.5) is 17.2 Å². The minimum absolute atomic E-state index is 0.348. The lowest BCUT2D eigenvalue weighted by Crippen LogP contribution is -2.43. The molecule has 1 aromatic heterocycles. The maximum Gasteiger partial charge on any atom is 0.159 e. The molecule has 5 rings (SSSR count). The number of aromatic nitrogens is 1. The molecular formula is C20H19N3. The van der Waals surface area contributed by atoms with Crippen LogP contribution in [0.2, 0.25) is 0 Å². The summed E-state index contributed by atoms with van der Waals surface area (Å²) in [5, 5.41) is 2.52. The van der Waals surface area contributed by atoms with Crippen LogP contribution in [-0.4, -0.2) is 17.2 Å². The third-order valence-electron chi connectivity index (χ3n) is 5.07. The van der Waals surface area contributed by atoms with E-state index in [1.165, 1.54) is 27.7 Å². The van der Waals surface area contributed by atoms with Crippen molar-refractivity contribution in [2.75, 3.05) is 9.80 Å². The molecule has 23 heavy (non-hydrogen) atoms. The molecule has 0 fully saturated rings. The molecule has 3 aromatic rings. The van der Waals surface area contributed by atoms with Gasteiger partial charge in [0.15, 0.2) is 5.82 Å².